The zero-order chi connectivity index (χ0) is 12.1. The van der Waals surface area contributed by atoms with Crippen molar-refractivity contribution in [2.45, 2.75) is 32.6 Å². The van der Waals surface area contributed by atoms with Gasteiger partial charge in [0.25, 0.3) is 0 Å². The van der Waals surface area contributed by atoms with E-state index in [0.717, 1.165) is 37.5 Å². The highest BCUT2D eigenvalue weighted by Crippen LogP contribution is 2.11. The monoisotopic (exact) mass is 233 g/mol. The summed E-state index contributed by atoms with van der Waals surface area (Å²) in [4.78, 5) is 13.9. The van der Waals surface area contributed by atoms with Crippen LogP contribution in [0.15, 0.2) is 22.6 Å². The van der Waals surface area contributed by atoms with Gasteiger partial charge in [-0.05, 0) is 38.0 Å². The minimum Gasteiger partial charge on any atom is -0.462 e. The van der Waals surface area contributed by atoms with Crippen LogP contribution in [0.4, 0.5) is 0 Å². The molecule has 2 rings (SSSR count). The molecule has 0 bridgehead atoms. The molecule has 1 amide bonds. The van der Waals surface area contributed by atoms with Crippen molar-refractivity contribution >= 4 is 12.0 Å². The molecule has 17 heavy (non-hydrogen) atoms. The molecule has 1 fully saturated rings. The second-order valence-electron chi connectivity index (χ2n) is 4.52. The zero-order valence-electron chi connectivity index (χ0n) is 10.3. The fraction of sp³-hybridized carbons (Fsp3) is 0.500. The Bertz CT molecular complexity index is 398. The molecule has 1 aromatic heterocycles. The Kier molecular flexibility index (Phi) is 4.02. The van der Waals surface area contributed by atoms with Gasteiger partial charge in [0, 0.05) is 19.2 Å². The maximum Gasteiger partial charge on any atom is 0.246 e. The van der Waals surface area contributed by atoms with Gasteiger partial charge in [-0.3, -0.25) is 4.79 Å². The molecule has 0 aliphatic carbocycles. The number of carbonyl (C=O) groups excluding carboxylic acids is 1. The maximum absolute atomic E-state index is 11.9. The third-order valence-electron chi connectivity index (χ3n) is 3.07. The van der Waals surface area contributed by atoms with Gasteiger partial charge >= 0.3 is 0 Å². The van der Waals surface area contributed by atoms with E-state index < -0.39 is 0 Å². The molecule has 1 saturated heterocycles. The standard InChI is InChI=1S/C14H19NO2/c1-12-6-7-13(17-12)8-9-14(16)15-10-4-2-3-5-11-15/h6-9H,2-5,10-11H2,1H3. The topological polar surface area (TPSA) is 33.5 Å². The van der Waals surface area contributed by atoms with Gasteiger partial charge in [0.1, 0.15) is 11.5 Å². The van der Waals surface area contributed by atoms with Gasteiger partial charge in [0.2, 0.25) is 5.91 Å². The third-order valence-corrected chi connectivity index (χ3v) is 3.07. The number of nitrogens with zero attached hydrogens (tertiary/aromatic N) is 1. The summed E-state index contributed by atoms with van der Waals surface area (Å²) in [5, 5.41) is 0. The van der Waals surface area contributed by atoms with Crippen molar-refractivity contribution in [1.29, 1.82) is 0 Å². The molecule has 0 unspecified atom stereocenters. The van der Waals surface area contributed by atoms with E-state index in [1.807, 2.05) is 24.0 Å². The normalized spacial score (nSPS) is 17.4. The number of furan rings is 1. The molecule has 2 heterocycles. The number of rotatable bonds is 2. The van der Waals surface area contributed by atoms with Crippen LogP contribution in [0, 0.1) is 6.92 Å². The molecule has 0 radical (unpaired) electrons. The Labute approximate surface area is 102 Å². The molecule has 0 atom stereocenters. The first-order valence-corrected chi connectivity index (χ1v) is 6.29. The van der Waals surface area contributed by atoms with Gasteiger partial charge in [-0.15, -0.1) is 0 Å². The molecule has 1 aliphatic heterocycles. The maximum atomic E-state index is 11.9. The van der Waals surface area contributed by atoms with Gasteiger partial charge in [0.05, 0.1) is 0 Å². The van der Waals surface area contributed by atoms with Crippen molar-refractivity contribution in [3.63, 3.8) is 0 Å². The third kappa shape index (κ3) is 3.48. The lowest BCUT2D eigenvalue weighted by Gasteiger charge is -2.17. The Morgan fingerprint density at radius 2 is 1.94 bits per heavy atom. The minimum atomic E-state index is 0.0981. The van der Waals surface area contributed by atoms with E-state index in [-0.39, 0.29) is 5.91 Å². The zero-order valence-corrected chi connectivity index (χ0v) is 10.3. The molecule has 3 heteroatoms. The van der Waals surface area contributed by atoms with Crippen molar-refractivity contribution in [3.8, 4) is 0 Å². The highest BCUT2D eigenvalue weighted by Gasteiger charge is 2.12. The molecule has 0 N–H and O–H groups in total. The number of hydrogen-bond acceptors (Lipinski definition) is 2. The lowest BCUT2D eigenvalue weighted by atomic mass is 10.2. The molecule has 1 aliphatic rings. The SMILES string of the molecule is Cc1ccc(C=CC(=O)N2CCCCCC2)o1. The number of likely N-dealkylation sites (tertiary alicyclic amines) is 1. The summed E-state index contributed by atoms with van der Waals surface area (Å²) in [5.41, 5.74) is 0. The average molecular weight is 233 g/mol. The highest BCUT2D eigenvalue weighted by molar-refractivity contribution is 5.91. The van der Waals surface area contributed by atoms with E-state index in [1.54, 1.807) is 12.2 Å². The van der Waals surface area contributed by atoms with Crippen molar-refractivity contribution in [3.05, 3.63) is 29.7 Å². The van der Waals surface area contributed by atoms with Crippen molar-refractivity contribution in [1.82, 2.24) is 4.90 Å². The second-order valence-corrected chi connectivity index (χ2v) is 4.52. The predicted octanol–water partition coefficient (Wildman–Crippen LogP) is 3.00. The van der Waals surface area contributed by atoms with Gasteiger partial charge < -0.3 is 9.32 Å². The fourth-order valence-corrected chi connectivity index (χ4v) is 2.09. The van der Waals surface area contributed by atoms with Crippen LogP contribution in [0.3, 0.4) is 0 Å². The van der Waals surface area contributed by atoms with Gasteiger partial charge in [-0.1, -0.05) is 12.8 Å². The van der Waals surface area contributed by atoms with Crippen LogP contribution in [0.1, 0.15) is 37.2 Å². The number of amides is 1. The average Bonchev–Trinajstić information content (AvgIpc) is 2.58. The second kappa shape index (κ2) is 5.71. The first-order valence-electron chi connectivity index (χ1n) is 6.29. The van der Waals surface area contributed by atoms with Crippen molar-refractivity contribution in [2.24, 2.45) is 0 Å². The largest absolute Gasteiger partial charge is 0.462 e. The number of aryl methyl sites for hydroxylation is 1. The summed E-state index contributed by atoms with van der Waals surface area (Å²) in [6, 6.07) is 3.78. The summed E-state index contributed by atoms with van der Waals surface area (Å²) >= 11 is 0. The van der Waals surface area contributed by atoms with Gasteiger partial charge in [-0.25, -0.2) is 0 Å². The number of hydrogen-bond donors (Lipinski definition) is 0. The van der Waals surface area contributed by atoms with Crippen LogP contribution in [-0.4, -0.2) is 23.9 Å². The van der Waals surface area contributed by atoms with Crippen LogP contribution >= 0.6 is 0 Å². The molecule has 3 nitrogen and oxygen atoms in total. The van der Waals surface area contributed by atoms with Crippen molar-refractivity contribution in [2.75, 3.05) is 13.1 Å². The van der Waals surface area contributed by atoms with E-state index in [2.05, 4.69) is 0 Å². The van der Waals surface area contributed by atoms with Crippen molar-refractivity contribution < 1.29 is 9.21 Å². The van der Waals surface area contributed by atoms with E-state index >= 15 is 0 Å². The Morgan fingerprint density at radius 1 is 1.24 bits per heavy atom. The van der Waals surface area contributed by atoms with Crippen LogP contribution in [0.2, 0.25) is 0 Å². The highest BCUT2D eigenvalue weighted by atomic mass is 16.3. The lowest BCUT2D eigenvalue weighted by molar-refractivity contribution is -0.125. The van der Waals surface area contributed by atoms with Crippen LogP contribution in [0.5, 0.6) is 0 Å². The van der Waals surface area contributed by atoms with E-state index in [9.17, 15) is 4.79 Å². The predicted molar refractivity (Wildman–Crippen MR) is 67.5 cm³/mol. The summed E-state index contributed by atoms with van der Waals surface area (Å²) in [6.07, 6.45) is 8.10. The van der Waals surface area contributed by atoms with E-state index in [0.29, 0.717) is 0 Å². The summed E-state index contributed by atoms with van der Waals surface area (Å²) in [7, 11) is 0. The molecular formula is C14H19NO2. The quantitative estimate of drug-likeness (QED) is 0.736. The molecule has 1 aromatic rings. The van der Waals surface area contributed by atoms with Gasteiger partial charge in [-0.2, -0.15) is 0 Å². The van der Waals surface area contributed by atoms with Crippen LogP contribution in [0.25, 0.3) is 6.08 Å². The molecule has 0 spiro atoms. The molecule has 0 saturated carbocycles. The summed E-state index contributed by atoms with van der Waals surface area (Å²) in [6.45, 7) is 3.68. The lowest BCUT2D eigenvalue weighted by Crippen LogP contribution is -2.30. The van der Waals surface area contributed by atoms with Gasteiger partial charge in [0.15, 0.2) is 0 Å². The molecule has 0 aromatic carbocycles. The van der Waals surface area contributed by atoms with Crippen LogP contribution in [-0.2, 0) is 4.79 Å². The molecule has 92 valence electrons. The Balaban J connectivity index is 1.93. The Hall–Kier alpha value is -1.51. The minimum absolute atomic E-state index is 0.0981. The fourth-order valence-electron chi connectivity index (χ4n) is 2.09. The Morgan fingerprint density at radius 3 is 2.53 bits per heavy atom. The smallest absolute Gasteiger partial charge is 0.246 e. The number of carbonyl (C=O) groups is 1. The van der Waals surface area contributed by atoms with E-state index in [1.165, 1.54) is 12.8 Å². The first-order chi connectivity index (χ1) is 8.25. The molecular weight excluding hydrogens is 214 g/mol. The van der Waals surface area contributed by atoms with E-state index in [4.69, 9.17) is 4.42 Å². The summed E-state index contributed by atoms with van der Waals surface area (Å²) < 4.78 is 5.39. The van der Waals surface area contributed by atoms with Crippen LogP contribution < -0.4 is 0 Å². The first kappa shape index (κ1) is 12.0. The summed E-state index contributed by atoms with van der Waals surface area (Å²) in [5.74, 6) is 1.71.